The summed E-state index contributed by atoms with van der Waals surface area (Å²) in [6, 6.07) is 0. The predicted octanol–water partition coefficient (Wildman–Crippen LogP) is 19.6. The molecule has 0 aliphatic heterocycles. The molecule has 1 saturated carbocycles. The summed E-state index contributed by atoms with van der Waals surface area (Å²) in [5, 5.41) is 0. The molecule has 1 aliphatic carbocycles. The standard InChI is InChI=1S/C55H110/c1-24-25-26-27-28-29-30-31-32-33-34-35-36-37-38-39-40-46(4,5)50(12,13)48(8,9)44-41-45(42-44)49(10,11)52(16,17)54(20,21)55(22,23)53(18,19)51(14,15)47(6,7)43(2)3/h43-45H,24-42H2,1-23H3. The zero-order valence-corrected chi connectivity index (χ0v) is 43.2. The number of hydrogen-bond donors (Lipinski definition) is 0. The van der Waals surface area contributed by atoms with Gasteiger partial charge in [-0.15, -0.1) is 0 Å². The van der Waals surface area contributed by atoms with Crippen molar-refractivity contribution in [3.05, 3.63) is 0 Å². The average Bonchev–Trinajstić information content (AvgIpc) is 3.02. The van der Waals surface area contributed by atoms with Crippen LogP contribution in [0, 0.1) is 71.9 Å². The molecule has 1 aliphatic rings. The Morgan fingerprint density at radius 1 is 0.345 bits per heavy atom. The first-order valence-electron chi connectivity index (χ1n) is 24.7. The van der Waals surface area contributed by atoms with E-state index in [1.165, 1.54) is 122 Å². The minimum atomic E-state index is 0.109. The summed E-state index contributed by atoms with van der Waals surface area (Å²) >= 11 is 0. The number of unbranched alkanes of at least 4 members (excludes halogenated alkanes) is 15. The van der Waals surface area contributed by atoms with Gasteiger partial charge >= 0.3 is 0 Å². The summed E-state index contributed by atoms with van der Waals surface area (Å²) in [5.74, 6) is 2.19. The van der Waals surface area contributed by atoms with Gasteiger partial charge in [-0.05, 0) is 91.2 Å². The Balaban J connectivity index is 2.80. The maximum atomic E-state index is 2.65. The molecule has 0 aromatic rings. The maximum Gasteiger partial charge on any atom is -0.0241 e. The van der Waals surface area contributed by atoms with Gasteiger partial charge in [-0.25, -0.2) is 0 Å². The molecule has 0 spiro atoms. The lowest BCUT2D eigenvalue weighted by Gasteiger charge is -2.70. The largest absolute Gasteiger partial charge is 0.0654 e. The molecule has 0 atom stereocenters. The SMILES string of the molecule is CCCCCCCCCCCCCCCCCCC(C)(C)C(C)(C)C(C)(C)C1CC(C(C)(C)C(C)(C)C(C)(C)C(C)(C)C(C)(C)C(C)(C)C(C)(C)C(C)C)C1. The van der Waals surface area contributed by atoms with E-state index in [0.29, 0.717) is 16.7 Å². The van der Waals surface area contributed by atoms with E-state index in [1.807, 2.05) is 0 Å². The van der Waals surface area contributed by atoms with E-state index in [1.54, 1.807) is 0 Å². The minimum Gasteiger partial charge on any atom is -0.0654 e. The first kappa shape index (κ1) is 53.0. The van der Waals surface area contributed by atoms with Crippen LogP contribution < -0.4 is 0 Å². The number of hydrogen-bond acceptors (Lipinski definition) is 0. The fourth-order valence-corrected chi connectivity index (χ4v) is 11.8. The van der Waals surface area contributed by atoms with Gasteiger partial charge in [0.05, 0.1) is 0 Å². The van der Waals surface area contributed by atoms with E-state index in [4.69, 9.17) is 0 Å². The summed E-state index contributed by atoms with van der Waals surface area (Å²) in [7, 11) is 0. The second-order valence-corrected chi connectivity index (χ2v) is 25.9. The molecular weight excluding hydrogens is 661 g/mol. The Kier molecular flexibility index (Phi) is 18.9. The Morgan fingerprint density at radius 3 is 0.945 bits per heavy atom. The zero-order chi connectivity index (χ0) is 43.2. The van der Waals surface area contributed by atoms with E-state index < -0.39 is 0 Å². The molecule has 1 rings (SSSR count). The Hall–Kier alpha value is 0. The molecule has 0 bridgehead atoms. The van der Waals surface area contributed by atoms with E-state index in [-0.39, 0.29) is 43.3 Å². The van der Waals surface area contributed by atoms with Crippen LogP contribution in [0.3, 0.4) is 0 Å². The third-order valence-corrected chi connectivity index (χ3v) is 22.1. The fourth-order valence-electron chi connectivity index (χ4n) is 11.8. The fraction of sp³-hybridized carbons (Fsp3) is 1.00. The van der Waals surface area contributed by atoms with Crippen LogP contribution in [0.4, 0.5) is 0 Å². The van der Waals surface area contributed by atoms with Gasteiger partial charge in [-0.3, -0.25) is 0 Å². The molecule has 0 aromatic carbocycles. The van der Waals surface area contributed by atoms with Crippen molar-refractivity contribution in [1.29, 1.82) is 0 Å². The van der Waals surface area contributed by atoms with Crippen molar-refractivity contribution in [2.75, 3.05) is 0 Å². The van der Waals surface area contributed by atoms with Gasteiger partial charge in [0, 0.05) is 0 Å². The van der Waals surface area contributed by atoms with E-state index >= 15 is 0 Å². The van der Waals surface area contributed by atoms with Crippen molar-refractivity contribution in [1.82, 2.24) is 0 Å². The molecule has 0 heterocycles. The van der Waals surface area contributed by atoms with E-state index in [0.717, 1.165) is 11.8 Å². The van der Waals surface area contributed by atoms with Gasteiger partial charge in [-0.2, -0.15) is 0 Å². The molecule has 0 heteroatoms. The zero-order valence-electron chi connectivity index (χ0n) is 43.2. The van der Waals surface area contributed by atoms with Crippen molar-refractivity contribution >= 4 is 0 Å². The third kappa shape index (κ3) is 10.7. The molecule has 330 valence electrons. The highest BCUT2D eigenvalue weighted by Gasteiger charge is 2.66. The molecule has 0 nitrogen and oxygen atoms in total. The Labute approximate surface area is 351 Å². The third-order valence-electron chi connectivity index (χ3n) is 22.1. The highest BCUT2D eigenvalue weighted by Crippen LogP contribution is 2.73. The van der Waals surface area contributed by atoms with Crippen molar-refractivity contribution in [3.8, 4) is 0 Å². The van der Waals surface area contributed by atoms with Gasteiger partial charge in [0.15, 0.2) is 0 Å². The summed E-state index contributed by atoms with van der Waals surface area (Å²) in [5.41, 5.74) is 2.05. The summed E-state index contributed by atoms with van der Waals surface area (Å²) < 4.78 is 0. The van der Waals surface area contributed by atoms with Crippen LogP contribution in [0.5, 0.6) is 0 Å². The second-order valence-electron chi connectivity index (χ2n) is 25.9. The van der Waals surface area contributed by atoms with Crippen LogP contribution in [0.25, 0.3) is 0 Å². The average molecular weight is 771 g/mol. The number of rotatable bonds is 28. The molecule has 0 saturated heterocycles. The van der Waals surface area contributed by atoms with Crippen molar-refractivity contribution in [2.45, 2.75) is 281 Å². The molecule has 0 N–H and O–H groups in total. The lowest BCUT2D eigenvalue weighted by atomic mass is 9.34. The topological polar surface area (TPSA) is 0 Å². The van der Waals surface area contributed by atoms with Crippen LogP contribution in [0.2, 0.25) is 0 Å². The van der Waals surface area contributed by atoms with E-state index in [2.05, 4.69) is 159 Å². The predicted molar refractivity (Wildman–Crippen MR) is 253 cm³/mol. The van der Waals surface area contributed by atoms with Gasteiger partial charge in [0.25, 0.3) is 0 Å². The van der Waals surface area contributed by atoms with Gasteiger partial charge in [-0.1, -0.05) is 262 Å². The molecule has 0 unspecified atom stereocenters. The van der Waals surface area contributed by atoms with Gasteiger partial charge in [0.1, 0.15) is 0 Å². The molecular formula is C55H110. The lowest BCUT2D eigenvalue weighted by molar-refractivity contribution is -0.219. The van der Waals surface area contributed by atoms with Gasteiger partial charge < -0.3 is 0 Å². The second kappa shape index (κ2) is 19.6. The first-order chi connectivity index (χ1) is 24.7. The Bertz CT molecular complexity index is 1090. The lowest BCUT2D eigenvalue weighted by Crippen LogP contribution is -2.64. The summed E-state index contributed by atoms with van der Waals surface area (Å²) in [6.07, 6.45) is 27.3. The van der Waals surface area contributed by atoms with Crippen LogP contribution in [-0.2, 0) is 0 Å². The molecule has 0 aromatic heterocycles. The van der Waals surface area contributed by atoms with Crippen LogP contribution in [0.15, 0.2) is 0 Å². The highest BCUT2D eigenvalue weighted by molar-refractivity contribution is 5.14. The van der Waals surface area contributed by atoms with Crippen LogP contribution >= 0.6 is 0 Å². The summed E-state index contributed by atoms with van der Waals surface area (Å²) in [6.45, 7) is 59.5. The van der Waals surface area contributed by atoms with E-state index in [9.17, 15) is 0 Å². The molecule has 55 heavy (non-hydrogen) atoms. The highest BCUT2D eigenvalue weighted by atomic mass is 14.7. The van der Waals surface area contributed by atoms with Crippen molar-refractivity contribution in [2.24, 2.45) is 71.9 Å². The molecule has 1 fully saturated rings. The monoisotopic (exact) mass is 771 g/mol. The maximum absolute atomic E-state index is 2.65. The normalized spacial score (nSPS) is 19.0. The first-order valence-corrected chi connectivity index (χ1v) is 24.7. The smallest absolute Gasteiger partial charge is 0.0241 e. The van der Waals surface area contributed by atoms with Crippen LogP contribution in [0.1, 0.15) is 281 Å². The quantitative estimate of drug-likeness (QED) is 0.0695. The Morgan fingerprint density at radius 2 is 0.618 bits per heavy atom. The van der Waals surface area contributed by atoms with Crippen molar-refractivity contribution < 1.29 is 0 Å². The van der Waals surface area contributed by atoms with Crippen LogP contribution in [-0.4, -0.2) is 0 Å². The molecule has 0 radical (unpaired) electrons. The summed E-state index contributed by atoms with van der Waals surface area (Å²) in [4.78, 5) is 0. The molecule has 0 amide bonds. The van der Waals surface area contributed by atoms with Gasteiger partial charge in [0.2, 0.25) is 0 Å². The minimum absolute atomic E-state index is 0.109. The van der Waals surface area contributed by atoms with Crippen molar-refractivity contribution in [3.63, 3.8) is 0 Å².